The SMILES string of the molecule is CCCCCCCCc1c(C)sc(C(C)C)c1C=O. The maximum Gasteiger partial charge on any atom is 0.151 e. The van der Waals surface area contributed by atoms with E-state index in [4.69, 9.17) is 0 Å². The molecule has 0 aliphatic rings. The van der Waals surface area contributed by atoms with Crippen molar-refractivity contribution in [1.82, 2.24) is 0 Å². The Morgan fingerprint density at radius 1 is 1.11 bits per heavy atom. The number of hydrogen-bond donors (Lipinski definition) is 0. The molecule has 1 aromatic rings. The summed E-state index contributed by atoms with van der Waals surface area (Å²) >= 11 is 1.81. The van der Waals surface area contributed by atoms with Crippen molar-refractivity contribution in [1.29, 1.82) is 0 Å². The van der Waals surface area contributed by atoms with Gasteiger partial charge in [0, 0.05) is 15.3 Å². The third-order valence-electron chi connectivity index (χ3n) is 3.70. The lowest BCUT2D eigenvalue weighted by atomic mass is 9.99. The lowest BCUT2D eigenvalue weighted by Gasteiger charge is -2.05. The summed E-state index contributed by atoms with van der Waals surface area (Å²) < 4.78 is 0. The normalized spacial score (nSPS) is 11.2. The summed E-state index contributed by atoms with van der Waals surface area (Å²) in [7, 11) is 0. The first-order valence-corrected chi connectivity index (χ1v) is 8.50. The van der Waals surface area contributed by atoms with Gasteiger partial charge >= 0.3 is 0 Å². The Hall–Kier alpha value is -0.630. The molecular formula is C17H28OS. The van der Waals surface area contributed by atoms with Gasteiger partial charge < -0.3 is 0 Å². The molecule has 0 atom stereocenters. The fraction of sp³-hybridized carbons (Fsp3) is 0.706. The Labute approximate surface area is 122 Å². The number of carbonyl (C=O) groups is 1. The third-order valence-corrected chi connectivity index (χ3v) is 5.16. The van der Waals surface area contributed by atoms with Crippen LogP contribution in [0.4, 0.5) is 0 Å². The van der Waals surface area contributed by atoms with E-state index >= 15 is 0 Å². The smallest absolute Gasteiger partial charge is 0.151 e. The molecule has 19 heavy (non-hydrogen) atoms. The molecule has 0 saturated carbocycles. The predicted octanol–water partition coefficient (Wildman–Crippen LogP) is 5.90. The van der Waals surface area contributed by atoms with Gasteiger partial charge in [0.2, 0.25) is 0 Å². The van der Waals surface area contributed by atoms with Gasteiger partial charge in [0.25, 0.3) is 0 Å². The summed E-state index contributed by atoms with van der Waals surface area (Å²) in [5, 5.41) is 0. The van der Waals surface area contributed by atoms with Gasteiger partial charge in [-0.05, 0) is 31.2 Å². The quantitative estimate of drug-likeness (QED) is 0.407. The highest BCUT2D eigenvalue weighted by Crippen LogP contribution is 2.33. The van der Waals surface area contributed by atoms with Crippen molar-refractivity contribution in [2.24, 2.45) is 0 Å². The van der Waals surface area contributed by atoms with Gasteiger partial charge in [-0.15, -0.1) is 11.3 Å². The average molecular weight is 280 g/mol. The summed E-state index contributed by atoms with van der Waals surface area (Å²) in [6.45, 7) is 8.76. The van der Waals surface area contributed by atoms with Crippen LogP contribution in [-0.4, -0.2) is 6.29 Å². The highest BCUT2D eigenvalue weighted by Gasteiger charge is 2.16. The highest BCUT2D eigenvalue weighted by atomic mass is 32.1. The van der Waals surface area contributed by atoms with E-state index in [2.05, 4.69) is 27.7 Å². The van der Waals surface area contributed by atoms with Crippen LogP contribution in [-0.2, 0) is 6.42 Å². The third kappa shape index (κ3) is 4.76. The zero-order chi connectivity index (χ0) is 14.3. The molecule has 0 aromatic carbocycles. The van der Waals surface area contributed by atoms with E-state index in [9.17, 15) is 4.79 Å². The Bertz CT molecular complexity index is 390. The van der Waals surface area contributed by atoms with E-state index in [0.717, 1.165) is 18.3 Å². The molecule has 1 rings (SSSR count). The molecule has 108 valence electrons. The van der Waals surface area contributed by atoms with Crippen LogP contribution in [0.1, 0.15) is 90.9 Å². The van der Waals surface area contributed by atoms with Crippen molar-refractivity contribution in [2.75, 3.05) is 0 Å². The van der Waals surface area contributed by atoms with Gasteiger partial charge in [-0.25, -0.2) is 0 Å². The zero-order valence-corrected chi connectivity index (χ0v) is 13.7. The van der Waals surface area contributed by atoms with Crippen molar-refractivity contribution >= 4 is 17.6 Å². The molecule has 0 N–H and O–H groups in total. The van der Waals surface area contributed by atoms with Crippen LogP contribution in [0.5, 0.6) is 0 Å². The molecule has 1 nitrogen and oxygen atoms in total. The summed E-state index contributed by atoms with van der Waals surface area (Å²) in [4.78, 5) is 14.0. The second-order valence-corrected chi connectivity index (χ2v) is 6.96. The molecular weight excluding hydrogens is 252 g/mol. The van der Waals surface area contributed by atoms with Crippen LogP contribution in [0.15, 0.2) is 0 Å². The minimum absolute atomic E-state index is 0.460. The van der Waals surface area contributed by atoms with Crippen LogP contribution >= 0.6 is 11.3 Å². The van der Waals surface area contributed by atoms with Crippen molar-refractivity contribution in [3.63, 3.8) is 0 Å². The summed E-state index contributed by atoms with van der Waals surface area (Å²) in [6.07, 6.45) is 10.0. The molecule has 0 unspecified atom stereocenters. The highest BCUT2D eigenvalue weighted by molar-refractivity contribution is 7.12. The number of unbranched alkanes of at least 4 members (excludes halogenated alkanes) is 5. The van der Waals surface area contributed by atoms with E-state index in [-0.39, 0.29) is 0 Å². The Morgan fingerprint density at radius 3 is 2.32 bits per heavy atom. The van der Waals surface area contributed by atoms with Crippen molar-refractivity contribution in [3.05, 3.63) is 20.9 Å². The number of rotatable bonds is 9. The largest absolute Gasteiger partial charge is 0.298 e. The molecule has 1 aromatic heterocycles. The fourth-order valence-electron chi connectivity index (χ4n) is 2.57. The molecule has 0 bridgehead atoms. The van der Waals surface area contributed by atoms with E-state index in [1.165, 1.54) is 53.8 Å². The van der Waals surface area contributed by atoms with Crippen LogP contribution < -0.4 is 0 Å². The first-order valence-electron chi connectivity index (χ1n) is 7.69. The summed E-state index contributed by atoms with van der Waals surface area (Å²) in [6, 6.07) is 0. The van der Waals surface area contributed by atoms with Crippen molar-refractivity contribution in [2.45, 2.75) is 78.6 Å². The number of aldehydes is 1. The lowest BCUT2D eigenvalue weighted by molar-refractivity contribution is 0.112. The average Bonchev–Trinajstić information content (AvgIpc) is 2.70. The maximum atomic E-state index is 11.3. The fourth-order valence-corrected chi connectivity index (χ4v) is 3.75. The van der Waals surface area contributed by atoms with Gasteiger partial charge in [0.1, 0.15) is 0 Å². The number of hydrogen-bond acceptors (Lipinski definition) is 2. The molecule has 1 heterocycles. The van der Waals surface area contributed by atoms with E-state index in [1.54, 1.807) is 0 Å². The standard InChI is InChI=1S/C17H28OS/c1-5-6-7-8-9-10-11-15-14(4)19-17(13(2)3)16(15)12-18/h12-13H,5-11H2,1-4H3. The van der Waals surface area contributed by atoms with Gasteiger partial charge in [-0.2, -0.15) is 0 Å². The lowest BCUT2D eigenvalue weighted by Crippen LogP contribution is -1.95. The first kappa shape index (κ1) is 16.4. The van der Waals surface area contributed by atoms with Crippen molar-refractivity contribution in [3.8, 4) is 0 Å². The molecule has 0 aliphatic heterocycles. The topological polar surface area (TPSA) is 17.1 Å². The minimum atomic E-state index is 0.460. The second-order valence-electron chi connectivity index (χ2n) is 5.71. The Balaban J connectivity index is 2.55. The molecule has 0 radical (unpaired) electrons. The predicted molar refractivity (Wildman–Crippen MR) is 85.6 cm³/mol. The number of thiophene rings is 1. The van der Waals surface area contributed by atoms with Crippen molar-refractivity contribution < 1.29 is 4.79 Å². The molecule has 0 fully saturated rings. The van der Waals surface area contributed by atoms with Gasteiger partial charge in [0.05, 0.1) is 0 Å². The van der Waals surface area contributed by atoms with E-state index in [1.807, 2.05) is 11.3 Å². The Morgan fingerprint density at radius 2 is 1.74 bits per heavy atom. The van der Waals surface area contributed by atoms with E-state index < -0.39 is 0 Å². The summed E-state index contributed by atoms with van der Waals surface area (Å²) in [5.74, 6) is 0.460. The van der Waals surface area contributed by atoms with E-state index in [0.29, 0.717) is 5.92 Å². The molecule has 0 saturated heterocycles. The summed E-state index contributed by atoms with van der Waals surface area (Å²) in [5.41, 5.74) is 2.31. The minimum Gasteiger partial charge on any atom is -0.298 e. The molecule has 0 aliphatic carbocycles. The zero-order valence-electron chi connectivity index (χ0n) is 12.9. The van der Waals surface area contributed by atoms with Crippen LogP contribution in [0, 0.1) is 6.92 Å². The monoisotopic (exact) mass is 280 g/mol. The molecule has 0 amide bonds. The number of aryl methyl sites for hydroxylation is 1. The van der Waals surface area contributed by atoms with Gasteiger partial charge in [0.15, 0.2) is 6.29 Å². The molecule has 0 spiro atoms. The second kappa shape index (κ2) is 8.52. The van der Waals surface area contributed by atoms with Gasteiger partial charge in [-0.1, -0.05) is 52.9 Å². The maximum absolute atomic E-state index is 11.3. The molecule has 2 heteroatoms. The van der Waals surface area contributed by atoms with Crippen LogP contribution in [0.3, 0.4) is 0 Å². The van der Waals surface area contributed by atoms with Crippen LogP contribution in [0.2, 0.25) is 0 Å². The number of carbonyl (C=O) groups excluding carboxylic acids is 1. The van der Waals surface area contributed by atoms with Crippen LogP contribution in [0.25, 0.3) is 0 Å². The van der Waals surface area contributed by atoms with Gasteiger partial charge in [-0.3, -0.25) is 4.79 Å². The Kier molecular flexibility index (Phi) is 7.37. The first-order chi connectivity index (χ1) is 9.11.